The highest BCUT2D eigenvalue weighted by Gasteiger charge is 2.21. The van der Waals surface area contributed by atoms with Crippen LogP contribution in [0.15, 0.2) is 72.8 Å². The highest BCUT2D eigenvalue weighted by atomic mass is 35.5. The highest BCUT2D eigenvalue weighted by Crippen LogP contribution is 2.37. The molecule has 0 saturated heterocycles. The quantitative estimate of drug-likeness (QED) is 0.298. The van der Waals surface area contributed by atoms with E-state index in [1.54, 1.807) is 14.2 Å². The maximum absolute atomic E-state index is 6.19. The Hall–Kier alpha value is -4.10. The van der Waals surface area contributed by atoms with Crippen LogP contribution in [-0.2, 0) is 0 Å². The lowest BCUT2D eigenvalue weighted by atomic mass is 10.0. The number of hydrogen-bond donors (Lipinski definition) is 1. The Labute approximate surface area is 202 Å². The maximum Gasteiger partial charge on any atom is 0.305 e. The van der Waals surface area contributed by atoms with Gasteiger partial charge in [0.25, 0.3) is 0 Å². The fourth-order valence-corrected chi connectivity index (χ4v) is 4.10. The van der Waals surface area contributed by atoms with Gasteiger partial charge in [0.15, 0.2) is 11.5 Å². The molecule has 5 rings (SSSR count). The van der Waals surface area contributed by atoms with Crippen LogP contribution in [0.4, 0.5) is 11.6 Å². The summed E-state index contributed by atoms with van der Waals surface area (Å²) in [5.74, 6) is 2.20. The summed E-state index contributed by atoms with van der Waals surface area (Å²) < 4.78 is 13.1. The Morgan fingerprint density at radius 3 is 2.32 bits per heavy atom. The first-order valence-electron chi connectivity index (χ1n) is 10.6. The molecule has 0 aliphatic rings. The number of nitrogens with zero attached hydrogens (tertiary/aromatic N) is 4. The van der Waals surface area contributed by atoms with E-state index < -0.39 is 0 Å². The number of pyridine rings is 1. The number of hydrogen-bond acceptors (Lipinski definition) is 4. The molecular formula is C26H22ClN5O2. The molecule has 2 aromatic heterocycles. The number of methoxy groups -OCH3 is 2. The average Bonchev–Trinajstić information content (AvgIpc) is 3.31. The Balaban J connectivity index is 1.73. The van der Waals surface area contributed by atoms with Crippen LogP contribution in [0, 0.1) is 6.92 Å². The molecule has 0 aliphatic carbocycles. The number of fused-ring (bicyclic) bond motifs is 1. The number of aromatic amines is 1. The van der Waals surface area contributed by atoms with Crippen molar-refractivity contribution in [3.8, 4) is 28.7 Å². The fourth-order valence-electron chi connectivity index (χ4n) is 3.98. The second-order valence-electron chi connectivity index (χ2n) is 7.68. The molecule has 0 aliphatic heterocycles. The Morgan fingerprint density at radius 1 is 0.912 bits per heavy atom. The average molecular weight is 472 g/mol. The molecule has 0 spiro atoms. The SMILES string of the molecule is COc1cc2cc(C)[n+](-c3n[nH]c([N-]c4ccccc4)n3)c(-c3ccc(Cl)cc3)c2cc1OC. The van der Waals surface area contributed by atoms with E-state index in [-0.39, 0.29) is 0 Å². The van der Waals surface area contributed by atoms with Crippen LogP contribution in [0.2, 0.25) is 5.02 Å². The molecule has 0 amide bonds. The summed E-state index contributed by atoms with van der Waals surface area (Å²) in [4.78, 5) is 4.67. The van der Waals surface area contributed by atoms with Crippen LogP contribution in [0.3, 0.4) is 0 Å². The zero-order chi connectivity index (χ0) is 23.7. The summed E-state index contributed by atoms with van der Waals surface area (Å²) in [5.41, 5.74) is 3.59. The van der Waals surface area contributed by atoms with Crippen molar-refractivity contribution >= 4 is 34.0 Å². The number of para-hydroxylation sites is 1. The van der Waals surface area contributed by atoms with E-state index in [0.29, 0.717) is 28.4 Å². The molecule has 0 unspecified atom stereocenters. The highest BCUT2D eigenvalue weighted by molar-refractivity contribution is 6.30. The van der Waals surface area contributed by atoms with Gasteiger partial charge in [0, 0.05) is 16.0 Å². The first-order valence-corrected chi connectivity index (χ1v) is 11.0. The topological polar surface area (TPSA) is 78.0 Å². The first kappa shape index (κ1) is 21.7. The Morgan fingerprint density at radius 2 is 1.62 bits per heavy atom. The normalized spacial score (nSPS) is 10.9. The minimum Gasteiger partial charge on any atom is -0.493 e. The molecule has 1 N–H and O–H groups in total. The number of aryl methyl sites for hydroxylation is 1. The van der Waals surface area contributed by atoms with Gasteiger partial charge in [-0.25, -0.2) is 4.57 Å². The van der Waals surface area contributed by atoms with Gasteiger partial charge >= 0.3 is 5.95 Å². The van der Waals surface area contributed by atoms with E-state index in [1.807, 2.05) is 78.2 Å². The number of H-pyrrole nitrogens is 1. The Bertz CT molecular complexity index is 1470. The van der Waals surface area contributed by atoms with Gasteiger partial charge in [-0.2, -0.15) is 0 Å². The van der Waals surface area contributed by atoms with Crippen molar-refractivity contribution in [2.75, 3.05) is 14.2 Å². The fraction of sp³-hybridized carbons (Fsp3) is 0.115. The zero-order valence-corrected chi connectivity index (χ0v) is 19.7. The van der Waals surface area contributed by atoms with Crippen LogP contribution in [0.1, 0.15) is 5.69 Å². The van der Waals surface area contributed by atoms with Gasteiger partial charge in [0.2, 0.25) is 0 Å². The van der Waals surface area contributed by atoms with Crippen molar-refractivity contribution in [1.29, 1.82) is 0 Å². The number of nitrogens with one attached hydrogen (secondary N) is 1. The lowest BCUT2D eigenvalue weighted by Gasteiger charge is -2.17. The molecule has 0 bridgehead atoms. The van der Waals surface area contributed by atoms with E-state index in [1.165, 1.54) is 0 Å². The molecule has 170 valence electrons. The number of benzene rings is 3. The van der Waals surface area contributed by atoms with Crippen LogP contribution in [0.25, 0.3) is 33.3 Å². The standard InChI is InChI=1S/C26H22ClN5O2/c1-16-13-18-14-22(33-2)23(34-3)15-21(18)24(17-9-11-19(27)12-10-17)32(16)26-29-25(30-31-26)28-20-7-5-4-6-8-20/h4-15H,1-3H3,(H-,28,29,30,31). The van der Waals surface area contributed by atoms with Crippen LogP contribution in [0.5, 0.6) is 11.5 Å². The summed E-state index contributed by atoms with van der Waals surface area (Å²) >= 11 is 6.19. The third-order valence-corrected chi connectivity index (χ3v) is 5.77. The van der Waals surface area contributed by atoms with E-state index in [4.69, 9.17) is 21.1 Å². The molecular weight excluding hydrogens is 450 g/mol. The third kappa shape index (κ3) is 4.02. The van der Waals surface area contributed by atoms with Gasteiger partial charge in [-0.1, -0.05) is 47.0 Å². The van der Waals surface area contributed by atoms with Crippen molar-refractivity contribution in [3.63, 3.8) is 0 Å². The van der Waals surface area contributed by atoms with Crippen molar-refractivity contribution in [2.45, 2.75) is 6.92 Å². The van der Waals surface area contributed by atoms with Gasteiger partial charge in [0.1, 0.15) is 5.69 Å². The largest absolute Gasteiger partial charge is 0.493 e. The Kier molecular flexibility index (Phi) is 5.77. The number of halogens is 1. The van der Waals surface area contributed by atoms with Gasteiger partial charge in [-0.3, -0.25) is 10.1 Å². The molecule has 7 nitrogen and oxygen atoms in total. The second kappa shape index (κ2) is 9.03. The van der Waals surface area contributed by atoms with Crippen molar-refractivity contribution < 1.29 is 14.0 Å². The molecule has 0 radical (unpaired) electrons. The number of ether oxygens (including phenoxy) is 2. The third-order valence-electron chi connectivity index (χ3n) is 5.52. The van der Waals surface area contributed by atoms with Gasteiger partial charge < -0.3 is 14.8 Å². The molecule has 8 heteroatoms. The van der Waals surface area contributed by atoms with Gasteiger partial charge in [0.05, 0.1) is 25.9 Å². The summed E-state index contributed by atoms with van der Waals surface area (Å²) in [6.45, 7) is 2.01. The van der Waals surface area contributed by atoms with E-state index in [0.717, 1.165) is 33.4 Å². The summed E-state index contributed by atoms with van der Waals surface area (Å²) in [7, 11) is 3.26. The van der Waals surface area contributed by atoms with Gasteiger partial charge in [-0.05, 0) is 60.5 Å². The number of aromatic nitrogens is 4. The van der Waals surface area contributed by atoms with Gasteiger partial charge in [-0.15, -0.1) is 0 Å². The zero-order valence-electron chi connectivity index (χ0n) is 18.9. The van der Waals surface area contributed by atoms with Crippen molar-refractivity contribution in [3.05, 3.63) is 88.8 Å². The van der Waals surface area contributed by atoms with Crippen molar-refractivity contribution in [2.24, 2.45) is 0 Å². The minimum atomic E-state index is 0.419. The molecule has 2 heterocycles. The monoisotopic (exact) mass is 471 g/mol. The minimum absolute atomic E-state index is 0.419. The second-order valence-corrected chi connectivity index (χ2v) is 8.11. The maximum atomic E-state index is 6.19. The van der Waals surface area contributed by atoms with Crippen LogP contribution < -0.4 is 14.0 Å². The number of rotatable bonds is 6. The summed E-state index contributed by atoms with van der Waals surface area (Å²) in [6.07, 6.45) is 0. The van der Waals surface area contributed by atoms with E-state index >= 15 is 0 Å². The van der Waals surface area contributed by atoms with E-state index in [2.05, 4.69) is 26.6 Å². The molecule has 0 fully saturated rings. The molecule has 0 saturated carbocycles. The lowest BCUT2D eigenvalue weighted by Crippen LogP contribution is -2.38. The van der Waals surface area contributed by atoms with E-state index in [9.17, 15) is 0 Å². The molecule has 34 heavy (non-hydrogen) atoms. The predicted octanol–water partition coefficient (Wildman–Crippen LogP) is 6.22. The molecule has 5 aromatic rings. The first-order chi connectivity index (χ1) is 16.6. The van der Waals surface area contributed by atoms with Crippen molar-refractivity contribution in [1.82, 2.24) is 15.2 Å². The molecule has 3 aromatic carbocycles. The van der Waals surface area contributed by atoms with Crippen LogP contribution >= 0.6 is 11.6 Å². The summed E-state index contributed by atoms with van der Waals surface area (Å²) in [6, 6.07) is 23.3. The lowest BCUT2D eigenvalue weighted by molar-refractivity contribution is -0.597. The predicted molar refractivity (Wildman–Crippen MR) is 133 cm³/mol. The molecule has 0 atom stereocenters. The van der Waals surface area contributed by atoms with Crippen LogP contribution in [-0.4, -0.2) is 29.4 Å². The summed E-state index contributed by atoms with van der Waals surface area (Å²) in [5, 5.41) is 14.6. The smallest absolute Gasteiger partial charge is 0.305 e.